The number of carbonyl (C=O) groups is 1. The second-order valence-electron chi connectivity index (χ2n) is 7.16. The Hall–Kier alpha value is -3.19. The molecule has 0 fully saturated rings. The zero-order valence-electron chi connectivity index (χ0n) is 16.5. The Morgan fingerprint density at radius 3 is 2.64 bits per heavy atom. The van der Waals surface area contributed by atoms with Crippen LogP contribution >= 0.6 is 0 Å². The maximum atomic E-state index is 12.6. The van der Waals surface area contributed by atoms with Crippen molar-refractivity contribution in [2.75, 3.05) is 20.6 Å². The lowest BCUT2D eigenvalue weighted by atomic mass is 10.0. The maximum Gasteiger partial charge on any atom is 0.273 e. The summed E-state index contributed by atoms with van der Waals surface area (Å²) in [5.74, 6) is -0.324. The summed E-state index contributed by atoms with van der Waals surface area (Å²) in [6.45, 7) is 2.05. The summed E-state index contributed by atoms with van der Waals surface area (Å²) in [4.78, 5) is 25.3. The third-order valence-electron chi connectivity index (χ3n) is 5.03. The Labute approximate surface area is 163 Å². The first-order valence-corrected chi connectivity index (χ1v) is 9.03. The predicted molar refractivity (Wildman–Crippen MR) is 110 cm³/mol. The molecule has 1 heterocycles. The van der Waals surface area contributed by atoms with Gasteiger partial charge in [0.15, 0.2) is 0 Å². The summed E-state index contributed by atoms with van der Waals surface area (Å²) >= 11 is 0. The van der Waals surface area contributed by atoms with Gasteiger partial charge in [-0.1, -0.05) is 24.3 Å². The number of nitrogens with one attached hydrogen (secondary N) is 1. The van der Waals surface area contributed by atoms with Gasteiger partial charge in [-0.2, -0.15) is 0 Å². The Kier molecular flexibility index (Phi) is 5.46. The minimum atomic E-state index is -0.467. The lowest BCUT2D eigenvalue weighted by molar-refractivity contribution is -0.385. The van der Waals surface area contributed by atoms with Crippen LogP contribution < -0.4 is 5.32 Å². The van der Waals surface area contributed by atoms with E-state index in [9.17, 15) is 14.9 Å². The summed E-state index contributed by atoms with van der Waals surface area (Å²) < 4.78 is 2.08. The molecule has 0 saturated carbocycles. The highest BCUT2D eigenvalue weighted by molar-refractivity contribution is 5.95. The van der Waals surface area contributed by atoms with Crippen molar-refractivity contribution in [3.05, 3.63) is 75.5 Å². The van der Waals surface area contributed by atoms with Crippen molar-refractivity contribution in [2.24, 2.45) is 7.05 Å². The van der Waals surface area contributed by atoms with Crippen LogP contribution in [0.1, 0.15) is 27.5 Å². The number of likely N-dealkylation sites (N-methyl/N-ethyl adjacent to an activating group) is 1. The zero-order chi connectivity index (χ0) is 20.4. The first kappa shape index (κ1) is 19.6. The molecule has 1 aromatic heterocycles. The molecule has 3 rings (SSSR count). The van der Waals surface area contributed by atoms with Crippen LogP contribution in [-0.4, -0.2) is 40.9 Å². The van der Waals surface area contributed by atoms with Crippen LogP contribution in [0.4, 0.5) is 5.69 Å². The maximum absolute atomic E-state index is 12.6. The normalized spacial score (nSPS) is 12.3. The van der Waals surface area contributed by atoms with Gasteiger partial charge in [0.2, 0.25) is 0 Å². The molecule has 0 spiro atoms. The number of nitro groups is 1. The van der Waals surface area contributed by atoms with E-state index in [1.807, 2.05) is 33.3 Å². The van der Waals surface area contributed by atoms with E-state index >= 15 is 0 Å². The molecule has 1 N–H and O–H groups in total. The molecule has 0 aliphatic heterocycles. The Bertz CT molecular complexity index is 1040. The Morgan fingerprint density at radius 2 is 1.96 bits per heavy atom. The molecule has 146 valence electrons. The van der Waals surface area contributed by atoms with E-state index in [1.165, 1.54) is 6.07 Å². The van der Waals surface area contributed by atoms with Gasteiger partial charge in [-0.3, -0.25) is 14.9 Å². The molecule has 7 nitrogen and oxygen atoms in total. The average Bonchev–Trinajstić information content (AvgIpc) is 2.98. The highest BCUT2D eigenvalue weighted by atomic mass is 16.6. The molecular formula is C21H24N4O3. The molecule has 28 heavy (non-hydrogen) atoms. The molecule has 1 atom stereocenters. The van der Waals surface area contributed by atoms with Gasteiger partial charge in [0, 0.05) is 47.9 Å². The summed E-state index contributed by atoms with van der Waals surface area (Å²) in [7, 11) is 5.94. The van der Waals surface area contributed by atoms with Crippen molar-refractivity contribution in [3.8, 4) is 0 Å². The van der Waals surface area contributed by atoms with Gasteiger partial charge >= 0.3 is 0 Å². The second-order valence-corrected chi connectivity index (χ2v) is 7.16. The van der Waals surface area contributed by atoms with Crippen molar-refractivity contribution >= 4 is 22.5 Å². The molecule has 0 bridgehead atoms. The van der Waals surface area contributed by atoms with E-state index in [0.29, 0.717) is 12.1 Å². The number of amides is 1. The van der Waals surface area contributed by atoms with E-state index in [0.717, 1.165) is 16.5 Å². The van der Waals surface area contributed by atoms with Gasteiger partial charge in [-0.15, -0.1) is 0 Å². The van der Waals surface area contributed by atoms with Gasteiger partial charge in [-0.05, 0) is 38.7 Å². The summed E-state index contributed by atoms with van der Waals surface area (Å²) in [5.41, 5.74) is 3.02. The highest BCUT2D eigenvalue weighted by Gasteiger charge is 2.21. The highest BCUT2D eigenvalue weighted by Crippen LogP contribution is 2.28. The minimum Gasteiger partial charge on any atom is -0.350 e. The van der Waals surface area contributed by atoms with Crippen LogP contribution in [0.2, 0.25) is 0 Å². The number of hydrogen-bond acceptors (Lipinski definition) is 4. The smallest absolute Gasteiger partial charge is 0.273 e. The number of aryl methyl sites for hydroxylation is 2. The largest absolute Gasteiger partial charge is 0.350 e. The van der Waals surface area contributed by atoms with Gasteiger partial charge < -0.3 is 14.8 Å². The molecule has 0 saturated heterocycles. The number of hydrogen-bond donors (Lipinski definition) is 1. The number of para-hydroxylation sites is 1. The zero-order valence-corrected chi connectivity index (χ0v) is 16.5. The van der Waals surface area contributed by atoms with Gasteiger partial charge in [-0.25, -0.2) is 0 Å². The van der Waals surface area contributed by atoms with Gasteiger partial charge in [0.1, 0.15) is 0 Å². The quantitative estimate of drug-likeness (QED) is 0.525. The van der Waals surface area contributed by atoms with Crippen LogP contribution in [0.15, 0.2) is 48.7 Å². The van der Waals surface area contributed by atoms with Crippen molar-refractivity contribution in [3.63, 3.8) is 0 Å². The number of rotatable bonds is 6. The number of benzene rings is 2. The molecular weight excluding hydrogens is 356 g/mol. The molecule has 0 aliphatic rings. The fourth-order valence-corrected chi connectivity index (χ4v) is 3.45. The van der Waals surface area contributed by atoms with Crippen LogP contribution in [0, 0.1) is 17.0 Å². The van der Waals surface area contributed by atoms with Crippen molar-refractivity contribution < 1.29 is 9.72 Å². The monoisotopic (exact) mass is 380 g/mol. The average molecular weight is 380 g/mol. The van der Waals surface area contributed by atoms with Crippen LogP contribution in [0.5, 0.6) is 0 Å². The number of nitrogens with zero attached hydrogens (tertiary/aromatic N) is 3. The van der Waals surface area contributed by atoms with Gasteiger partial charge in [0.05, 0.1) is 11.0 Å². The van der Waals surface area contributed by atoms with E-state index < -0.39 is 4.92 Å². The first-order chi connectivity index (χ1) is 13.3. The Balaban J connectivity index is 1.83. The number of nitro benzene ring substituents is 1. The molecule has 0 aliphatic carbocycles. The fraction of sp³-hybridized carbons (Fsp3) is 0.286. The predicted octanol–water partition coefficient (Wildman–Crippen LogP) is 3.43. The van der Waals surface area contributed by atoms with Crippen LogP contribution in [-0.2, 0) is 7.05 Å². The molecule has 7 heteroatoms. The van der Waals surface area contributed by atoms with E-state index in [-0.39, 0.29) is 23.2 Å². The SMILES string of the molecule is Cc1ccc(C(=O)NCC(c2cn(C)c3ccccc23)N(C)C)cc1[N+](=O)[O-]. The lowest BCUT2D eigenvalue weighted by Crippen LogP contribution is -2.34. The first-order valence-electron chi connectivity index (χ1n) is 9.03. The van der Waals surface area contributed by atoms with Crippen LogP contribution in [0.3, 0.4) is 0 Å². The third-order valence-corrected chi connectivity index (χ3v) is 5.03. The molecule has 0 radical (unpaired) electrons. The minimum absolute atomic E-state index is 0.0320. The molecule has 3 aromatic rings. The molecule has 1 amide bonds. The van der Waals surface area contributed by atoms with Crippen molar-refractivity contribution in [1.82, 2.24) is 14.8 Å². The van der Waals surface area contributed by atoms with E-state index in [4.69, 9.17) is 0 Å². The Morgan fingerprint density at radius 1 is 1.25 bits per heavy atom. The molecule has 1 unspecified atom stereocenters. The number of fused-ring (bicyclic) bond motifs is 1. The van der Waals surface area contributed by atoms with E-state index in [2.05, 4.69) is 33.1 Å². The number of carbonyl (C=O) groups excluding carboxylic acids is 1. The lowest BCUT2D eigenvalue weighted by Gasteiger charge is -2.24. The number of aromatic nitrogens is 1. The van der Waals surface area contributed by atoms with Crippen LogP contribution in [0.25, 0.3) is 10.9 Å². The third kappa shape index (κ3) is 3.75. The second kappa shape index (κ2) is 7.82. The standard InChI is InChI=1S/C21H24N4O3/c1-14-9-10-15(11-19(14)25(27)28)21(26)22-12-20(23(2)3)17-13-24(4)18-8-6-5-7-16(17)18/h5-11,13,20H,12H2,1-4H3,(H,22,26). The summed E-state index contributed by atoms with van der Waals surface area (Å²) in [6, 6.07) is 12.7. The summed E-state index contributed by atoms with van der Waals surface area (Å²) in [6.07, 6.45) is 2.08. The van der Waals surface area contributed by atoms with Crippen molar-refractivity contribution in [2.45, 2.75) is 13.0 Å². The molecule has 2 aromatic carbocycles. The van der Waals surface area contributed by atoms with Gasteiger partial charge in [0.25, 0.3) is 11.6 Å². The topological polar surface area (TPSA) is 80.4 Å². The fourth-order valence-electron chi connectivity index (χ4n) is 3.45. The van der Waals surface area contributed by atoms with Crippen molar-refractivity contribution in [1.29, 1.82) is 0 Å². The summed E-state index contributed by atoms with van der Waals surface area (Å²) in [5, 5.41) is 15.2. The van der Waals surface area contributed by atoms with E-state index in [1.54, 1.807) is 19.1 Å².